The van der Waals surface area contributed by atoms with Gasteiger partial charge in [-0.15, -0.1) is 0 Å². The highest BCUT2D eigenvalue weighted by Gasteiger charge is 2.24. The van der Waals surface area contributed by atoms with Crippen LogP contribution in [0, 0.1) is 0 Å². The van der Waals surface area contributed by atoms with Gasteiger partial charge in [0.15, 0.2) is 0 Å². The van der Waals surface area contributed by atoms with Gasteiger partial charge in [0.05, 0.1) is 6.26 Å². The van der Waals surface area contributed by atoms with Crippen LogP contribution in [0.5, 0.6) is 0 Å². The van der Waals surface area contributed by atoms with E-state index in [0.717, 1.165) is 25.9 Å². The maximum atomic E-state index is 11.1. The van der Waals surface area contributed by atoms with Crippen LogP contribution in [0.1, 0.15) is 37.4 Å². The minimum Gasteiger partial charge on any atom is -0.357 e. The third-order valence-corrected chi connectivity index (χ3v) is 5.24. The van der Waals surface area contributed by atoms with Crippen molar-refractivity contribution in [3.8, 4) is 0 Å². The molecule has 5 nitrogen and oxygen atoms in total. The number of nitrogens with zero attached hydrogens (tertiary/aromatic N) is 1. The van der Waals surface area contributed by atoms with E-state index in [2.05, 4.69) is 44.9 Å². The molecule has 1 aliphatic rings. The highest BCUT2D eigenvalue weighted by Crippen LogP contribution is 2.32. The van der Waals surface area contributed by atoms with Gasteiger partial charge in [0.1, 0.15) is 0 Å². The lowest BCUT2D eigenvalue weighted by molar-refractivity contribution is 0.145. The monoisotopic (exact) mass is 335 g/mol. The van der Waals surface area contributed by atoms with Crippen molar-refractivity contribution >= 4 is 20.9 Å². The van der Waals surface area contributed by atoms with Crippen molar-refractivity contribution in [3.05, 3.63) is 36.0 Å². The highest BCUT2D eigenvalue weighted by molar-refractivity contribution is 7.88. The Labute approximate surface area is 138 Å². The van der Waals surface area contributed by atoms with Gasteiger partial charge in [-0.25, -0.2) is 13.1 Å². The average Bonchev–Trinajstić information content (AvgIpc) is 2.95. The zero-order chi connectivity index (χ0) is 16.3. The smallest absolute Gasteiger partial charge is 0.208 e. The van der Waals surface area contributed by atoms with E-state index in [1.807, 2.05) is 0 Å². The molecule has 6 heteroatoms. The van der Waals surface area contributed by atoms with Crippen molar-refractivity contribution in [2.45, 2.75) is 31.7 Å². The predicted octanol–water partition coefficient (Wildman–Crippen LogP) is 2.63. The zero-order valence-corrected chi connectivity index (χ0v) is 14.4. The molecule has 126 valence electrons. The van der Waals surface area contributed by atoms with Gasteiger partial charge in [0.25, 0.3) is 0 Å². The largest absolute Gasteiger partial charge is 0.357 e. The van der Waals surface area contributed by atoms with Gasteiger partial charge in [-0.05, 0) is 43.3 Å². The number of para-hydroxylation sites is 1. The van der Waals surface area contributed by atoms with Crippen molar-refractivity contribution in [1.82, 2.24) is 14.6 Å². The lowest BCUT2D eigenvalue weighted by Gasteiger charge is -2.35. The molecule has 1 saturated heterocycles. The Balaban J connectivity index is 1.66. The Bertz CT molecular complexity index is 721. The second-order valence-electron chi connectivity index (χ2n) is 6.38. The summed E-state index contributed by atoms with van der Waals surface area (Å²) in [5.74, 6) is 0. The number of nitrogens with one attached hydrogen (secondary N) is 2. The second kappa shape index (κ2) is 7.03. The summed E-state index contributed by atoms with van der Waals surface area (Å²) in [7, 11) is -3.08. The topological polar surface area (TPSA) is 65.2 Å². The normalized spacial score (nSPS) is 20.1. The molecule has 23 heavy (non-hydrogen) atoms. The standard InChI is InChI=1S/C17H25N3O2S/c1-23(21,22)18-10-6-12-20-11-5-4-9-17(20)16-13-14-7-2-3-8-15(14)19-16/h2-3,7-8,13,17-19H,4-6,9-12H2,1H3/t17-/m0/s1. The number of aromatic nitrogens is 1. The molecule has 1 aliphatic heterocycles. The molecular weight excluding hydrogens is 310 g/mol. The molecule has 3 rings (SSSR count). The predicted molar refractivity (Wildman–Crippen MR) is 93.9 cm³/mol. The summed E-state index contributed by atoms with van der Waals surface area (Å²) in [6, 6.07) is 11.0. The van der Waals surface area contributed by atoms with Crippen molar-refractivity contribution in [3.63, 3.8) is 0 Å². The number of fused-ring (bicyclic) bond motifs is 1. The fraction of sp³-hybridized carbons (Fsp3) is 0.529. The fourth-order valence-electron chi connectivity index (χ4n) is 3.43. The summed E-state index contributed by atoms with van der Waals surface area (Å²) >= 11 is 0. The number of benzene rings is 1. The van der Waals surface area contributed by atoms with Gasteiger partial charge in [0.2, 0.25) is 10.0 Å². The van der Waals surface area contributed by atoms with Gasteiger partial charge >= 0.3 is 0 Å². The van der Waals surface area contributed by atoms with E-state index in [4.69, 9.17) is 0 Å². The number of hydrogen-bond acceptors (Lipinski definition) is 3. The minimum atomic E-state index is -3.08. The summed E-state index contributed by atoms with van der Waals surface area (Å²) in [5.41, 5.74) is 2.47. The van der Waals surface area contributed by atoms with Gasteiger partial charge in [0, 0.05) is 30.3 Å². The summed E-state index contributed by atoms with van der Waals surface area (Å²) in [6.07, 6.45) is 5.67. The number of sulfonamides is 1. The van der Waals surface area contributed by atoms with Gasteiger partial charge in [-0.1, -0.05) is 24.6 Å². The average molecular weight is 335 g/mol. The fourth-order valence-corrected chi connectivity index (χ4v) is 3.94. The molecule has 2 heterocycles. The van der Waals surface area contributed by atoms with Crippen LogP contribution in [0.25, 0.3) is 10.9 Å². The lowest BCUT2D eigenvalue weighted by Crippen LogP contribution is -2.36. The summed E-state index contributed by atoms with van der Waals surface area (Å²) in [5, 5.41) is 1.26. The molecule has 2 N–H and O–H groups in total. The molecule has 0 radical (unpaired) electrons. The van der Waals surface area contributed by atoms with Gasteiger partial charge < -0.3 is 4.98 Å². The molecule has 0 amide bonds. The molecule has 1 fully saturated rings. The second-order valence-corrected chi connectivity index (χ2v) is 8.21. The third-order valence-electron chi connectivity index (χ3n) is 4.51. The molecule has 1 aromatic heterocycles. The number of hydrogen-bond donors (Lipinski definition) is 2. The maximum Gasteiger partial charge on any atom is 0.208 e. The van der Waals surface area contributed by atoms with E-state index in [-0.39, 0.29) is 0 Å². The van der Waals surface area contributed by atoms with Crippen LogP contribution in [0.15, 0.2) is 30.3 Å². The first-order chi connectivity index (χ1) is 11.0. The number of likely N-dealkylation sites (tertiary alicyclic amines) is 1. The summed E-state index contributed by atoms with van der Waals surface area (Å²) in [6.45, 7) is 2.51. The first-order valence-corrected chi connectivity index (χ1v) is 10.2. The molecule has 2 aromatic rings. The van der Waals surface area contributed by atoms with E-state index in [0.29, 0.717) is 12.6 Å². The van der Waals surface area contributed by atoms with E-state index in [9.17, 15) is 8.42 Å². The van der Waals surface area contributed by atoms with Crippen LogP contribution in [0.2, 0.25) is 0 Å². The lowest BCUT2D eigenvalue weighted by atomic mass is 9.99. The van der Waals surface area contributed by atoms with Crippen LogP contribution < -0.4 is 4.72 Å². The van der Waals surface area contributed by atoms with Crippen molar-refractivity contribution in [2.75, 3.05) is 25.9 Å². The quantitative estimate of drug-likeness (QED) is 0.798. The van der Waals surface area contributed by atoms with Gasteiger partial charge in [-0.2, -0.15) is 0 Å². The molecule has 1 atom stereocenters. The number of H-pyrrole nitrogens is 1. The van der Waals surface area contributed by atoms with Gasteiger partial charge in [-0.3, -0.25) is 4.90 Å². The molecule has 0 aliphatic carbocycles. The molecular formula is C17H25N3O2S. The molecule has 0 saturated carbocycles. The number of rotatable bonds is 6. The molecule has 0 unspecified atom stereocenters. The first-order valence-electron chi connectivity index (χ1n) is 8.29. The molecule has 0 bridgehead atoms. The Morgan fingerprint density at radius 1 is 1.30 bits per heavy atom. The van der Waals surface area contributed by atoms with Crippen LogP contribution in [-0.2, 0) is 10.0 Å². The number of aromatic amines is 1. The Morgan fingerprint density at radius 2 is 2.13 bits per heavy atom. The zero-order valence-electron chi connectivity index (χ0n) is 13.6. The van der Waals surface area contributed by atoms with Crippen LogP contribution in [-0.4, -0.2) is 44.2 Å². The van der Waals surface area contributed by atoms with Crippen molar-refractivity contribution in [1.29, 1.82) is 0 Å². The summed E-state index contributed by atoms with van der Waals surface area (Å²) < 4.78 is 24.9. The van der Waals surface area contributed by atoms with Crippen LogP contribution >= 0.6 is 0 Å². The van der Waals surface area contributed by atoms with E-state index in [1.165, 1.54) is 35.7 Å². The Kier molecular flexibility index (Phi) is 5.04. The summed E-state index contributed by atoms with van der Waals surface area (Å²) in [4.78, 5) is 6.04. The minimum absolute atomic E-state index is 0.411. The highest BCUT2D eigenvalue weighted by atomic mass is 32.2. The SMILES string of the molecule is CS(=O)(=O)NCCCN1CCCC[C@H]1c1cc2ccccc2[nH]1. The van der Waals surface area contributed by atoms with E-state index >= 15 is 0 Å². The molecule has 1 aromatic carbocycles. The Morgan fingerprint density at radius 3 is 2.91 bits per heavy atom. The van der Waals surface area contributed by atoms with Crippen molar-refractivity contribution < 1.29 is 8.42 Å². The van der Waals surface area contributed by atoms with Crippen LogP contribution in [0.3, 0.4) is 0 Å². The van der Waals surface area contributed by atoms with Crippen molar-refractivity contribution in [2.24, 2.45) is 0 Å². The maximum absolute atomic E-state index is 11.1. The third kappa shape index (κ3) is 4.34. The first kappa shape index (κ1) is 16.5. The van der Waals surface area contributed by atoms with Crippen LogP contribution in [0.4, 0.5) is 0 Å². The number of piperidine rings is 1. The van der Waals surface area contributed by atoms with E-state index in [1.54, 1.807) is 0 Å². The Hall–Kier alpha value is -1.37. The van der Waals surface area contributed by atoms with E-state index < -0.39 is 10.0 Å². The molecule has 0 spiro atoms.